The number of ether oxygens (including phenoxy) is 2. The Bertz CT molecular complexity index is 490. The summed E-state index contributed by atoms with van der Waals surface area (Å²) in [6, 6.07) is 4.20. The van der Waals surface area contributed by atoms with Gasteiger partial charge in [-0.1, -0.05) is 15.9 Å². The zero-order valence-electron chi connectivity index (χ0n) is 12.0. The van der Waals surface area contributed by atoms with Gasteiger partial charge in [-0.15, -0.1) is 0 Å². The zero-order chi connectivity index (χ0) is 15.2. The number of methoxy groups -OCH3 is 1. The van der Waals surface area contributed by atoms with E-state index in [1.807, 2.05) is 0 Å². The summed E-state index contributed by atoms with van der Waals surface area (Å²) in [5, 5.41) is 0.821. The van der Waals surface area contributed by atoms with Gasteiger partial charge in [-0.25, -0.2) is 4.39 Å². The van der Waals surface area contributed by atoms with E-state index in [0.29, 0.717) is 25.3 Å². The highest BCUT2D eigenvalue weighted by atomic mass is 79.9. The van der Waals surface area contributed by atoms with Crippen molar-refractivity contribution < 1.29 is 18.7 Å². The van der Waals surface area contributed by atoms with Crippen LogP contribution in [-0.2, 0) is 4.74 Å². The van der Waals surface area contributed by atoms with Crippen LogP contribution in [0.1, 0.15) is 23.2 Å². The van der Waals surface area contributed by atoms with Crippen molar-refractivity contribution in [3.63, 3.8) is 0 Å². The molecule has 4 nitrogen and oxygen atoms in total. The number of benzene rings is 1. The maximum atomic E-state index is 13.4. The van der Waals surface area contributed by atoms with Gasteiger partial charge in [0, 0.05) is 24.0 Å². The lowest BCUT2D eigenvalue weighted by molar-refractivity contribution is 0.0160. The van der Waals surface area contributed by atoms with Crippen LogP contribution >= 0.6 is 15.9 Å². The van der Waals surface area contributed by atoms with E-state index in [2.05, 4.69) is 15.9 Å². The number of hydrogen-bond donors (Lipinski definition) is 0. The molecule has 2 rings (SSSR count). The minimum absolute atomic E-state index is 0.0905. The normalized spacial score (nSPS) is 16.0. The molecule has 0 radical (unpaired) electrons. The van der Waals surface area contributed by atoms with Crippen molar-refractivity contribution in [3.05, 3.63) is 29.6 Å². The van der Waals surface area contributed by atoms with Crippen molar-refractivity contribution in [1.29, 1.82) is 0 Å². The molecule has 1 aromatic carbocycles. The van der Waals surface area contributed by atoms with Gasteiger partial charge in [0.15, 0.2) is 11.6 Å². The minimum atomic E-state index is -0.462. The molecule has 0 unspecified atom stereocenters. The molecule has 0 aliphatic carbocycles. The number of nitrogens with zero attached hydrogens (tertiary/aromatic N) is 1. The highest BCUT2D eigenvalue weighted by Gasteiger charge is 2.24. The van der Waals surface area contributed by atoms with Crippen molar-refractivity contribution in [2.24, 2.45) is 0 Å². The van der Waals surface area contributed by atoms with Crippen LogP contribution in [-0.4, -0.2) is 49.0 Å². The van der Waals surface area contributed by atoms with E-state index in [1.165, 1.54) is 25.3 Å². The van der Waals surface area contributed by atoms with Gasteiger partial charge in [0.2, 0.25) is 0 Å². The van der Waals surface area contributed by atoms with E-state index in [-0.39, 0.29) is 17.8 Å². The number of carbonyl (C=O) groups is 1. The molecule has 1 heterocycles. The van der Waals surface area contributed by atoms with Gasteiger partial charge in [-0.05, 0) is 31.0 Å². The standard InChI is InChI=1S/C15H19BrFNO3/c1-20-14-10-11(2-3-13(14)17)15(19)18-7-4-12(5-8-18)21-9-6-16/h2-3,10,12H,4-9H2,1H3. The Labute approximate surface area is 132 Å². The van der Waals surface area contributed by atoms with E-state index in [4.69, 9.17) is 9.47 Å². The summed E-state index contributed by atoms with van der Waals surface area (Å²) in [7, 11) is 1.39. The molecule has 1 aliphatic heterocycles. The second kappa shape index (κ2) is 7.75. The predicted molar refractivity (Wildman–Crippen MR) is 81.6 cm³/mol. The number of piperidine rings is 1. The number of halogens is 2. The zero-order valence-corrected chi connectivity index (χ0v) is 13.6. The Hall–Kier alpha value is -1.14. The van der Waals surface area contributed by atoms with E-state index < -0.39 is 5.82 Å². The maximum Gasteiger partial charge on any atom is 0.253 e. The molecule has 1 aliphatic rings. The second-order valence-electron chi connectivity index (χ2n) is 4.90. The molecular formula is C15H19BrFNO3. The molecule has 0 spiro atoms. The average Bonchev–Trinajstić information content (AvgIpc) is 2.53. The summed E-state index contributed by atoms with van der Waals surface area (Å²) in [5.41, 5.74) is 0.452. The van der Waals surface area contributed by atoms with E-state index in [9.17, 15) is 9.18 Å². The molecule has 1 amide bonds. The second-order valence-corrected chi connectivity index (χ2v) is 5.69. The third kappa shape index (κ3) is 4.17. The van der Waals surface area contributed by atoms with E-state index >= 15 is 0 Å². The highest BCUT2D eigenvalue weighted by molar-refractivity contribution is 9.09. The fraction of sp³-hybridized carbons (Fsp3) is 0.533. The Kier molecular flexibility index (Phi) is 5.99. The van der Waals surface area contributed by atoms with Crippen LogP contribution in [0.3, 0.4) is 0 Å². The largest absolute Gasteiger partial charge is 0.494 e. The number of alkyl halides is 1. The van der Waals surface area contributed by atoms with Crippen LogP contribution < -0.4 is 4.74 Å². The monoisotopic (exact) mass is 359 g/mol. The molecule has 0 N–H and O–H groups in total. The molecule has 1 fully saturated rings. The minimum Gasteiger partial charge on any atom is -0.494 e. The molecule has 21 heavy (non-hydrogen) atoms. The third-order valence-corrected chi connectivity index (χ3v) is 3.88. The summed E-state index contributed by atoms with van der Waals surface area (Å²) < 4.78 is 24.0. The van der Waals surface area contributed by atoms with Gasteiger partial charge in [0.05, 0.1) is 19.8 Å². The fourth-order valence-electron chi connectivity index (χ4n) is 2.41. The summed E-state index contributed by atoms with van der Waals surface area (Å²) in [4.78, 5) is 14.2. The Morgan fingerprint density at radius 3 is 2.76 bits per heavy atom. The predicted octanol–water partition coefficient (Wildman–Crippen LogP) is 2.85. The van der Waals surface area contributed by atoms with E-state index in [1.54, 1.807) is 4.90 Å². The first kappa shape index (κ1) is 16.2. The van der Waals surface area contributed by atoms with Crippen LogP contribution in [0.4, 0.5) is 4.39 Å². The first-order valence-electron chi connectivity index (χ1n) is 6.96. The van der Waals surface area contributed by atoms with Crippen molar-refractivity contribution >= 4 is 21.8 Å². The lowest BCUT2D eigenvalue weighted by Gasteiger charge is -2.32. The number of carbonyl (C=O) groups excluding carboxylic acids is 1. The van der Waals surface area contributed by atoms with Crippen LogP contribution in [0, 0.1) is 5.82 Å². The first-order chi connectivity index (χ1) is 10.2. The Morgan fingerprint density at radius 2 is 2.14 bits per heavy atom. The lowest BCUT2D eigenvalue weighted by atomic mass is 10.1. The molecule has 6 heteroatoms. The number of rotatable bonds is 5. The molecule has 1 aromatic rings. The third-order valence-electron chi connectivity index (χ3n) is 3.56. The summed E-state index contributed by atoms with van der Waals surface area (Å²) in [5.74, 6) is -0.459. The topological polar surface area (TPSA) is 38.8 Å². The van der Waals surface area contributed by atoms with Gasteiger partial charge in [0.25, 0.3) is 5.91 Å². The molecule has 0 saturated carbocycles. The SMILES string of the molecule is COc1cc(C(=O)N2CCC(OCCBr)CC2)ccc1F. The number of amides is 1. The van der Waals surface area contributed by atoms with Crippen LogP contribution in [0.25, 0.3) is 0 Å². The van der Waals surface area contributed by atoms with Gasteiger partial charge in [-0.3, -0.25) is 4.79 Å². The van der Waals surface area contributed by atoms with Gasteiger partial charge < -0.3 is 14.4 Å². The van der Waals surface area contributed by atoms with Crippen molar-refractivity contribution in [1.82, 2.24) is 4.90 Å². The first-order valence-corrected chi connectivity index (χ1v) is 8.08. The molecular weight excluding hydrogens is 341 g/mol. The summed E-state index contributed by atoms with van der Waals surface area (Å²) in [6.45, 7) is 2.00. The van der Waals surface area contributed by atoms with Crippen LogP contribution in [0.15, 0.2) is 18.2 Å². The maximum absolute atomic E-state index is 13.4. The van der Waals surface area contributed by atoms with Crippen molar-refractivity contribution in [2.75, 3.05) is 32.1 Å². The summed E-state index contributed by atoms with van der Waals surface area (Å²) >= 11 is 3.33. The highest BCUT2D eigenvalue weighted by Crippen LogP contribution is 2.21. The Morgan fingerprint density at radius 1 is 1.43 bits per heavy atom. The average molecular weight is 360 g/mol. The quantitative estimate of drug-likeness (QED) is 0.758. The number of hydrogen-bond acceptors (Lipinski definition) is 3. The number of likely N-dealkylation sites (tertiary alicyclic amines) is 1. The van der Waals surface area contributed by atoms with Gasteiger partial charge >= 0.3 is 0 Å². The molecule has 0 aromatic heterocycles. The lowest BCUT2D eigenvalue weighted by Crippen LogP contribution is -2.41. The molecule has 1 saturated heterocycles. The summed E-state index contributed by atoms with van der Waals surface area (Å²) in [6.07, 6.45) is 1.88. The molecule has 116 valence electrons. The smallest absolute Gasteiger partial charge is 0.253 e. The molecule has 0 atom stereocenters. The van der Waals surface area contributed by atoms with Gasteiger partial charge in [0.1, 0.15) is 0 Å². The molecule has 0 bridgehead atoms. The van der Waals surface area contributed by atoms with Crippen LogP contribution in [0.5, 0.6) is 5.75 Å². The fourth-order valence-corrected chi connectivity index (χ4v) is 2.60. The Balaban J connectivity index is 1.95. The van der Waals surface area contributed by atoms with Crippen molar-refractivity contribution in [2.45, 2.75) is 18.9 Å². The van der Waals surface area contributed by atoms with Crippen LogP contribution in [0.2, 0.25) is 0 Å². The van der Waals surface area contributed by atoms with Gasteiger partial charge in [-0.2, -0.15) is 0 Å². The van der Waals surface area contributed by atoms with Crippen molar-refractivity contribution in [3.8, 4) is 5.75 Å². The van der Waals surface area contributed by atoms with E-state index in [0.717, 1.165) is 18.2 Å².